The van der Waals surface area contributed by atoms with Crippen LogP contribution in [-0.2, 0) is 78.4 Å². The van der Waals surface area contributed by atoms with Crippen LogP contribution in [0.5, 0.6) is 0 Å². The maximum atomic E-state index is 13.5. The fourth-order valence-electron chi connectivity index (χ4n) is 9.88. The zero-order chi connectivity index (χ0) is 59.3. The van der Waals surface area contributed by atoms with Crippen molar-refractivity contribution in [2.45, 2.75) is 90.2 Å². The van der Waals surface area contributed by atoms with Gasteiger partial charge in [0, 0.05) is 70.2 Å². The van der Waals surface area contributed by atoms with E-state index in [1.165, 1.54) is 36.5 Å². The molecule has 0 spiro atoms. The number of fused-ring (bicyclic) bond motifs is 6. The highest BCUT2D eigenvalue weighted by Crippen LogP contribution is 2.52. The number of hydrogen-bond acceptors (Lipinski definition) is 19. The van der Waals surface area contributed by atoms with Crippen LogP contribution in [0, 0.1) is 0 Å². The maximum Gasteiger partial charge on any atom is 0.425 e. The second-order valence-electron chi connectivity index (χ2n) is 19.4. The van der Waals surface area contributed by atoms with Crippen LogP contribution in [0.1, 0.15) is 86.1 Å². The molecule has 6 N–H and O–H groups in total. The SMILES string of the molecule is CCCC[N+]1=C(/C=C/C(=C/C=C2/N(CCCS(=O)(=O)O)c3ccc4c(S(=O)(=O)O)cc(S(=O)(=O)O)cc4c3C2(C)C)c2ccc(C(=O)Cc3nnc(S(N)(=O)=O)s3)cn2)C(C)(C)c2c1ccc1ccc(S(=O)(=O)O)cc21.O=S(=O)=O. The van der Waals surface area contributed by atoms with Crippen molar-refractivity contribution in [2.75, 3.05) is 23.7 Å². The van der Waals surface area contributed by atoms with Crippen LogP contribution >= 0.6 is 11.3 Å². The number of allylic oxidation sites excluding steroid dienone is 6. The average Bonchev–Trinajstić information content (AvgIpc) is 3.97. The van der Waals surface area contributed by atoms with Gasteiger partial charge in [-0.1, -0.05) is 56.7 Å². The van der Waals surface area contributed by atoms with Gasteiger partial charge in [-0.2, -0.15) is 38.2 Å². The van der Waals surface area contributed by atoms with E-state index >= 15 is 0 Å². The Morgan fingerprint density at radius 3 is 1.99 bits per heavy atom. The van der Waals surface area contributed by atoms with E-state index in [1.54, 1.807) is 49.1 Å². The van der Waals surface area contributed by atoms with Crippen LogP contribution in [0.4, 0.5) is 11.4 Å². The lowest BCUT2D eigenvalue weighted by Crippen LogP contribution is -2.28. The van der Waals surface area contributed by atoms with Crippen LogP contribution in [0.3, 0.4) is 0 Å². The third-order valence-corrected chi connectivity index (χ3v) is 18.9. The Kier molecular flexibility index (Phi) is 17.3. The molecule has 0 radical (unpaired) electrons. The van der Waals surface area contributed by atoms with Gasteiger partial charge in [-0.3, -0.25) is 28.0 Å². The van der Waals surface area contributed by atoms with Gasteiger partial charge in [0.25, 0.3) is 50.5 Å². The molecular formula is C49H51N6O18S7+. The van der Waals surface area contributed by atoms with E-state index in [2.05, 4.69) is 19.8 Å². The molecule has 0 saturated carbocycles. The van der Waals surface area contributed by atoms with Gasteiger partial charge < -0.3 is 4.90 Å². The number of rotatable bonds is 18. The molecule has 2 aliphatic heterocycles. The van der Waals surface area contributed by atoms with Crippen molar-refractivity contribution in [1.82, 2.24) is 15.2 Å². The number of nitrogens with zero attached hydrogens (tertiary/aromatic N) is 5. The number of unbranched alkanes of at least 4 members (excludes halogenated alkanes) is 1. The Labute approximate surface area is 466 Å². The number of sulfonamides is 1. The number of benzene rings is 4. The van der Waals surface area contributed by atoms with Gasteiger partial charge in [0.15, 0.2) is 11.5 Å². The number of aromatic nitrogens is 3. The molecule has 6 aromatic rings. The summed E-state index contributed by atoms with van der Waals surface area (Å²) in [5, 5.41) is 13.9. The Hall–Kier alpha value is -6.36. The number of ketones is 1. The van der Waals surface area contributed by atoms with Crippen molar-refractivity contribution < 1.29 is 82.3 Å². The number of primary sulfonamides is 1. The first-order chi connectivity index (χ1) is 36.9. The number of hydrogen-bond donors (Lipinski definition) is 5. The summed E-state index contributed by atoms with van der Waals surface area (Å²) in [6.07, 6.45) is 9.54. The highest BCUT2D eigenvalue weighted by atomic mass is 32.3. The first-order valence-corrected chi connectivity index (χ1v) is 32.9. The Bertz CT molecular complexity index is 4400. The Morgan fingerprint density at radius 1 is 0.762 bits per heavy atom. The van der Waals surface area contributed by atoms with Gasteiger partial charge in [0.1, 0.15) is 16.4 Å². The predicted octanol–water partition coefficient (Wildman–Crippen LogP) is 5.82. The summed E-state index contributed by atoms with van der Waals surface area (Å²) < 4.78 is 190. The normalized spacial score (nSPS) is 16.1. The number of carbonyl (C=O) groups is 1. The summed E-state index contributed by atoms with van der Waals surface area (Å²) in [5.41, 5.74) is 2.46. The molecule has 0 fully saturated rings. The largest absolute Gasteiger partial charge is 0.425 e. The third kappa shape index (κ3) is 13.2. The van der Waals surface area contributed by atoms with Crippen molar-refractivity contribution in [2.24, 2.45) is 5.14 Å². The van der Waals surface area contributed by atoms with Crippen molar-refractivity contribution in [3.05, 3.63) is 130 Å². The fourth-order valence-corrected chi connectivity index (χ4v) is 13.7. The van der Waals surface area contributed by atoms with Crippen LogP contribution in [0.25, 0.3) is 27.1 Å². The lowest BCUT2D eigenvalue weighted by atomic mass is 9.79. The molecule has 0 aliphatic carbocycles. The number of carbonyl (C=O) groups excluding carboxylic acids is 1. The molecule has 426 valence electrons. The molecule has 0 bridgehead atoms. The van der Waals surface area contributed by atoms with Crippen LogP contribution < -0.4 is 10.0 Å². The quantitative estimate of drug-likeness (QED) is 0.0293. The molecule has 4 heterocycles. The molecule has 0 atom stereocenters. The highest BCUT2D eigenvalue weighted by Gasteiger charge is 2.46. The molecule has 4 aromatic carbocycles. The van der Waals surface area contributed by atoms with Crippen molar-refractivity contribution in [1.29, 1.82) is 0 Å². The number of anilines is 1. The Morgan fingerprint density at radius 2 is 1.41 bits per heavy atom. The molecule has 8 rings (SSSR count). The molecule has 2 aliphatic rings. The summed E-state index contributed by atoms with van der Waals surface area (Å²) in [6, 6.07) is 15.9. The molecule has 0 unspecified atom stereocenters. The standard InChI is InChI=1S/C49H50N6O15S6.O3S/c1-6-7-21-54-38-17-11-29-9-14-32(74(62,63)64)24-35(29)45(38)48(2,3)42(54)19-12-30(37-16-10-31(28-51-37)40(56)27-44-52-53-47(71-44)73(50,60)61)13-20-43-49(4,5)46-36-25-33(75(65,66)67)26-41(76(68,69)70)34(36)15-18-39(46)55(43)22-8-23-72(57,58)59;1-4(2)3/h9-20,24-26,28H,6-8,21-23,27H2,1-5H3,(H5-,50,57,58,59,60,61,62,63,64,65,66,67,68,69,70);/p+1. The molecule has 80 heavy (non-hydrogen) atoms. The van der Waals surface area contributed by atoms with E-state index in [1.807, 2.05) is 39.0 Å². The van der Waals surface area contributed by atoms with Crippen LogP contribution in [-0.4, -0.2) is 123 Å². The van der Waals surface area contributed by atoms with Crippen LogP contribution in [0.15, 0.2) is 122 Å². The second kappa shape index (κ2) is 22.5. The maximum absolute atomic E-state index is 13.5. The molecular weight excluding hydrogens is 1190 g/mol. The minimum Gasteiger partial charge on any atom is -0.344 e. The molecule has 2 aromatic heterocycles. The van der Waals surface area contributed by atoms with E-state index in [9.17, 15) is 65.1 Å². The van der Waals surface area contributed by atoms with E-state index in [0.717, 1.165) is 41.3 Å². The lowest BCUT2D eigenvalue weighted by Gasteiger charge is -2.27. The van der Waals surface area contributed by atoms with Crippen molar-refractivity contribution >= 4 is 122 Å². The monoisotopic (exact) mass is 1240 g/mol. The number of Topliss-reactive ketones (excluding diaryl/α,β-unsaturated/α-hetero) is 1. The van der Waals surface area contributed by atoms with Gasteiger partial charge in [0.2, 0.25) is 10.0 Å². The van der Waals surface area contributed by atoms with Gasteiger partial charge >= 0.3 is 10.6 Å². The molecule has 31 heteroatoms. The van der Waals surface area contributed by atoms with Crippen molar-refractivity contribution in [3.8, 4) is 0 Å². The molecule has 24 nitrogen and oxygen atoms in total. The lowest BCUT2D eigenvalue weighted by molar-refractivity contribution is -0.438. The average molecular weight is 1240 g/mol. The second-order valence-corrected chi connectivity index (χ2v) is 28.4. The smallest absolute Gasteiger partial charge is 0.344 e. The van der Waals surface area contributed by atoms with Gasteiger partial charge in [-0.25, -0.2) is 13.6 Å². The highest BCUT2D eigenvalue weighted by molar-refractivity contribution is 7.91. The van der Waals surface area contributed by atoms with Crippen molar-refractivity contribution in [3.63, 3.8) is 0 Å². The van der Waals surface area contributed by atoms with E-state index in [0.29, 0.717) is 57.5 Å². The minimum absolute atomic E-state index is 0.0247. The number of nitrogens with two attached hydrogens (primary N) is 1. The molecule has 0 amide bonds. The molecule has 0 saturated heterocycles. The van der Waals surface area contributed by atoms with Gasteiger partial charge in [-0.15, -0.1) is 22.8 Å². The van der Waals surface area contributed by atoms with Gasteiger partial charge in [-0.05, 0) is 103 Å². The first kappa shape index (κ1) is 61.3. The first-order valence-electron chi connectivity index (χ1n) is 23.7. The van der Waals surface area contributed by atoms with Crippen LogP contribution in [0.2, 0.25) is 0 Å². The van der Waals surface area contributed by atoms with E-state index in [-0.39, 0.29) is 45.6 Å². The predicted molar refractivity (Wildman–Crippen MR) is 295 cm³/mol. The summed E-state index contributed by atoms with van der Waals surface area (Å²) in [6.45, 7) is 10.0. The minimum atomic E-state index is -5.09. The summed E-state index contributed by atoms with van der Waals surface area (Å²) in [4.78, 5) is 18.0. The van der Waals surface area contributed by atoms with E-state index in [4.69, 9.17) is 17.8 Å². The summed E-state index contributed by atoms with van der Waals surface area (Å²) in [5.74, 6) is -1.12. The zero-order valence-electron chi connectivity index (χ0n) is 42.9. The summed E-state index contributed by atoms with van der Waals surface area (Å²) >= 11 is 0.648. The Balaban J connectivity index is 0.00000223. The topological polar surface area (TPSA) is 391 Å². The van der Waals surface area contributed by atoms with E-state index < -0.39 is 97.6 Å². The third-order valence-electron chi connectivity index (χ3n) is 13.3. The fraction of sp³-hybridized carbons (Fsp3) is 0.286. The van der Waals surface area contributed by atoms with Gasteiger partial charge in [0.05, 0.1) is 33.1 Å². The number of pyridine rings is 1. The zero-order valence-corrected chi connectivity index (χ0v) is 48.6. The summed E-state index contributed by atoms with van der Waals surface area (Å²) in [7, 11) is -26.4.